The number of rotatable bonds is 7. The smallest absolute Gasteiger partial charge is 0.242 e. The van der Waals surface area contributed by atoms with Gasteiger partial charge in [-0.15, -0.1) is 0 Å². The van der Waals surface area contributed by atoms with Crippen LogP contribution in [0, 0.1) is 13.8 Å². The van der Waals surface area contributed by atoms with Crippen LogP contribution in [0.1, 0.15) is 29.4 Å². The van der Waals surface area contributed by atoms with Gasteiger partial charge in [-0.3, -0.25) is 4.68 Å². The molecule has 0 aliphatic heterocycles. The fourth-order valence-electron chi connectivity index (χ4n) is 2.74. The third kappa shape index (κ3) is 5.11. The molecule has 0 bridgehead atoms. The number of guanidine groups is 1. The summed E-state index contributed by atoms with van der Waals surface area (Å²) in [6.07, 6.45) is 0. The Hall–Kier alpha value is -2.39. The van der Waals surface area contributed by atoms with Crippen LogP contribution in [0.2, 0.25) is 0 Å². The highest BCUT2D eigenvalue weighted by Crippen LogP contribution is 2.14. The van der Waals surface area contributed by atoms with E-state index in [9.17, 15) is 8.42 Å². The monoisotopic (exact) mass is 406 g/mol. The summed E-state index contributed by atoms with van der Waals surface area (Å²) < 4.78 is 27.4. The van der Waals surface area contributed by atoms with Crippen LogP contribution in [0.3, 0.4) is 0 Å². The molecule has 0 unspecified atom stereocenters. The molecule has 28 heavy (non-hydrogen) atoms. The molecule has 1 aromatic carbocycles. The number of aliphatic imine (C=N–C) groups is 1. The van der Waals surface area contributed by atoms with Crippen molar-refractivity contribution >= 4 is 16.0 Å². The van der Waals surface area contributed by atoms with Gasteiger partial charge in [0.2, 0.25) is 10.0 Å². The summed E-state index contributed by atoms with van der Waals surface area (Å²) in [4.78, 5) is 4.87. The zero-order valence-corrected chi connectivity index (χ0v) is 18.3. The minimum Gasteiger partial charge on any atom is -0.357 e. The Morgan fingerprint density at radius 2 is 1.82 bits per heavy atom. The van der Waals surface area contributed by atoms with Crippen molar-refractivity contribution in [2.24, 2.45) is 12.0 Å². The minimum absolute atomic E-state index is 0.276. The topological polar surface area (TPSA) is 91.6 Å². The number of nitrogens with one attached hydrogen (secondary N) is 2. The van der Waals surface area contributed by atoms with E-state index < -0.39 is 10.0 Å². The number of sulfonamides is 1. The highest BCUT2D eigenvalue weighted by molar-refractivity contribution is 7.89. The summed E-state index contributed by atoms with van der Waals surface area (Å²) in [5.74, 6) is 0.704. The van der Waals surface area contributed by atoms with E-state index in [0.717, 1.165) is 29.1 Å². The molecule has 0 fully saturated rings. The Balaban J connectivity index is 2.08. The molecule has 1 aromatic heterocycles. The molecular formula is C19H30N6O2S. The van der Waals surface area contributed by atoms with Gasteiger partial charge >= 0.3 is 0 Å². The first-order chi connectivity index (χ1) is 13.2. The van der Waals surface area contributed by atoms with E-state index in [4.69, 9.17) is 0 Å². The lowest BCUT2D eigenvalue weighted by Gasteiger charge is -2.13. The molecule has 1 heterocycles. The summed E-state index contributed by atoms with van der Waals surface area (Å²) in [6, 6.07) is 6.81. The second-order valence-electron chi connectivity index (χ2n) is 6.75. The molecule has 0 radical (unpaired) electrons. The second-order valence-corrected chi connectivity index (χ2v) is 8.90. The van der Waals surface area contributed by atoms with Crippen LogP contribution in [-0.4, -0.2) is 49.1 Å². The van der Waals surface area contributed by atoms with Gasteiger partial charge < -0.3 is 10.6 Å². The van der Waals surface area contributed by atoms with Crippen LogP contribution in [0.25, 0.3) is 0 Å². The molecular weight excluding hydrogens is 376 g/mol. The van der Waals surface area contributed by atoms with Crippen molar-refractivity contribution in [3.8, 4) is 0 Å². The van der Waals surface area contributed by atoms with Crippen LogP contribution in [-0.2, 0) is 30.2 Å². The lowest BCUT2D eigenvalue weighted by molar-refractivity contribution is 0.520. The fourth-order valence-corrected chi connectivity index (χ4v) is 3.64. The number of nitrogens with zero attached hydrogens (tertiary/aromatic N) is 4. The first-order valence-electron chi connectivity index (χ1n) is 9.19. The van der Waals surface area contributed by atoms with Crippen LogP contribution >= 0.6 is 0 Å². The van der Waals surface area contributed by atoms with E-state index in [2.05, 4.69) is 20.7 Å². The molecule has 2 rings (SSSR count). The molecule has 2 aromatic rings. The van der Waals surface area contributed by atoms with Crippen LogP contribution in [0.4, 0.5) is 0 Å². The third-order valence-corrected chi connectivity index (χ3v) is 6.39. The minimum atomic E-state index is -3.41. The predicted octanol–water partition coefficient (Wildman–Crippen LogP) is 1.54. The zero-order chi connectivity index (χ0) is 20.9. The normalized spacial score (nSPS) is 12.5. The summed E-state index contributed by atoms with van der Waals surface area (Å²) in [5.41, 5.74) is 4.22. The Kier molecular flexibility index (Phi) is 7.20. The standard InChI is InChI=1S/C19H30N6O2S/c1-7-20-19(22-13-18-14(2)23-25(6)15(18)3)21-12-16-8-10-17(11-9-16)28(26,27)24(4)5/h8-11H,7,12-13H2,1-6H3,(H2,20,21,22). The number of aryl methyl sites for hydroxylation is 2. The molecule has 0 aliphatic rings. The molecule has 0 aliphatic carbocycles. The predicted molar refractivity (Wildman–Crippen MR) is 112 cm³/mol. The van der Waals surface area contributed by atoms with E-state index >= 15 is 0 Å². The summed E-state index contributed by atoms with van der Waals surface area (Å²) in [5, 5.41) is 11.0. The Morgan fingerprint density at radius 1 is 1.18 bits per heavy atom. The first-order valence-corrected chi connectivity index (χ1v) is 10.6. The van der Waals surface area contributed by atoms with Gasteiger partial charge in [-0.2, -0.15) is 5.10 Å². The summed E-state index contributed by atoms with van der Waals surface area (Å²) >= 11 is 0. The maximum absolute atomic E-state index is 12.1. The van der Waals surface area contributed by atoms with Crippen LogP contribution in [0.5, 0.6) is 0 Å². The number of hydrogen-bond donors (Lipinski definition) is 2. The van der Waals surface area contributed by atoms with E-state index in [0.29, 0.717) is 19.0 Å². The van der Waals surface area contributed by atoms with E-state index in [1.54, 1.807) is 24.3 Å². The molecule has 154 valence electrons. The van der Waals surface area contributed by atoms with Gasteiger partial charge in [0.05, 0.1) is 17.1 Å². The molecule has 2 N–H and O–H groups in total. The van der Waals surface area contributed by atoms with Gasteiger partial charge in [-0.1, -0.05) is 12.1 Å². The summed E-state index contributed by atoms with van der Waals surface area (Å²) in [7, 11) is 1.56. The number of benzene rings is 1. The number of hydrogen-bond acceptors (Lipinski definition) is 4. The second kappa shape index (κ2) is 9.20. The quantitative estimate of drug-likeness (QED) is 0.538. The highest BCUT2D eigenvalue weighted by Gasteiger charge is 2.16. The molecule has 0 saturated heterocycles. The lowest BCUT2D eigenvalue weighted by atomic mass is 10.2. The lowest BCUT2D eigenvalue weighted by Crippen LogP contribution is -2.37. The van der Waals surface area contributed by atoms with E-state index in [1.165, 1.54) is 18.4 Å². The van der Waals surface area contributed by atoms with Crippen molar-refractivity contribution < 1.29 is 8.42 Å². The van der Waals surface area contributed by atoms with Gasteiger partial charge in [-0.05, 0) is 38.5 Å². The van der Waals surface area contributed by atoms with Crippen molar-refractivity contribution in [1.82, 2.24) is 24.7 Å². The maximum Gasteiger partial charge on any atom is 0.242 e. The van der Waals surface area contributed by atoms with Crippen molar-refractivity contribution in [3.05, 3.63) is 46.8 Å². The highest BCUT2D eigenvalue weighted by atomic mass is 32.2. The van der Waals surface area contributed by atoms with E-state index in [-0.39, 0.29) is 4.90 Å². The average molecular weight is 407 g/mol. The molecule has 0 saturated carbocycles. The zero-order valence-electron chi connectivity index (χ0n) is 17.4. The molecule has 0 atom stereocenters. The maximum atomic E-state index is 12.1. The largest absolute Gasteiger partial charge is 0.357 e. The van der Waals surface area contributed by atoms with Gasteiger partial charge in [-0.25, -0.2) is 17.7 Å². The Labute approximate surface area is 167 Å². The van der Waals surface area contributed by atoms with Crippen molar-refractivity contribution in [2.75, 3.05) is 20.6 Å². The Bertz CT molecular complexity index is 930. The third-order valence-electron chi connectivity index (χ3n) is 4.56. The number of aromatic nitrogens is 2. The van der Waals surface area contributed by atoms with Crippen LogP contribution in [0.15, 0.2) is 34.2 Å². The van der Waals surface area contributed by atoms with Crippen LogP contribution < -0.4 is 10.6 Å². The van der Waals surface area contributed by atoms with E-state index in [1.807, 2.05) is 32.5 Å². The van der Waals surface area contributed by atoms with Crippen molar-refractivity contribution in [2.45, 2.75) is 38.8 Å². The van der Waals surface area contributed by atoms with Crippen molar-refractivity contribution in [3.63, 3.8) is 0 Å². The average Bonchev–Trinajstić information content (AvgIpc) is 2.89. The van der Waals surface area contributed by atoms with Crippen molar-refractivity contribution in [1.29, 1.82) is 0 Å². The molecule has 9 heteroatoms. The fraction of sp³-hybridized carbons (Fsp3) is 0.474. The van der Waals surface area contributed by atoms with Gasteiger partial charge in [0, 0.05) is 45.5 Å². The Morgan fingerprint density at radius 3 is 2.32 bits per heavy atom. The van der Waals surface area contributed by atoms with Gasteiger partial charge in [0.1, 0.15) is 0 Å². The van der Waals surface area contributed by atoms with Gasteiger partial charge in [0.15, 0.2) is 5.96 Å². The molecule has 8 nitrogen and oxygen atoms in total. The molecule has 0 amide bonds. The first kappa shape index (κ1) is 21.9. The summed E-state index contributed by atoms with van der Waals surface area (Å²) in [6.45, 7) is 7.89. The van der Waals surface area contributed by atoms with Gasteiger partial charge in [0.25, 0.3) is 0 Å². The SMILES string of the molecule is CCNC(=NCc1ccc(S(=O)(=O)N(C)C)cc1)NCc1c(C)nn(C)c1C. The molecule has 0 spiro atoms.